The molecule has 2 aromatic rings. The molecule has 0 saturated heterocycles. The number of anilines is 1. The lowest BCUT2D eigenvalue weighted by atomic mass is 10.2. The van der Waals surface area contributed by atoms with Gasteiger partial charge in [0.2, 0.25) is 0 Å². The third-order valence-electron chi connectivity index (χ3n) is 3.49. The molecule has 0 aliphatic carbocycles. The fourth-order valence-corrected chi connectivity index (χ4v) is 2.49. The summed E-state index contributed by atoms with van der Waals surface area (Å²) in [6.45, 7) is 0.807. The van der Waals surface area contributed by atoms with Gasteiger partial charge in [-0.1, -0.05) is 11.6 Å². The number of rotatable bonds is 3. The van der Waals surface area contributed by atoms with E-state index in [2.05, 4.69) is 10.6 Å². The van der Waals surface area contributed by atoms with Gasteiger partial charge in [-0.05, 0) is 36.4 Å². The summed E-state index contributed by atoms with van der Waals surface area (Å²) in [6, 6.07) is 7.69. The summed E-state index contributed by atoms with van der Waals surface area (Å²) in [5.41, 5.74) is 0.230. The molecule has 0 radical (unpaired) electrons. The number of amides is 3. The Morgan fingerprint density at radius 2 is 1.73 bits per heavy atom. The van der Waals surface area contributed by atoms with Gasteiger partial charge in [0.1, 0.15) is 13.2 Å². The van der Waals surface area contributed by atoms with Crippen LogP contribution in [0.4, 0.5) is 10.5 Å². The smallest absolute Gasteiger partial charge is 0.337 e. The molecular weight excluding hydrogens is 364 g/mol. The Morgan fingerprint density at radius 1 is 1.00 bits per heavy atom. The maximum Gasteiger partial charge on any atom is 0.337 e. The standard InChI is InChI=1S/C17H13ClN2O6/c18-12-3-2-10(8-11(12)16(22)23)19-17(24)20-15(21)9-1-4-13-14(7-9)26-6-5-25-13/h1-4,7-8H,5-6H2,(H,22,23)(H2,19,20,21,24). The van der Waals surface area contributed by atoms with Gasteiger partial charge in [-0.25, -0.2) is 9.59 Å². The zero-order valence-electron chi connectivity index (χ0n) is 13.2. The van der Waals surface area contributed by atoms with E-state index in [0.29, 0.717) is 24.7 Å². The predicted molar refractivity (Wildman–Crippen MR) is 92.3 cm³/mol. The Labute approximate surface area is 152 Å². The van der Waals surface area contributed by atoms with Crippen LogP contribution in [0, 0.1) is 0 Å². The first-order valence-corrected chi connectivity index (χ1v) is 7.86. The molecule has 8 nitrogen and oxygen atoms in total. The van der Waals surface area contributed by atoms with Crippen LogP contribution in [-0.2, 0) is 0 Å². The van der Waals surface area contributed by atoms with E-state index >= 15 is 0 Å². The molecule has 0 atom stereocenters. The highest BCUT2D eigenvalue weighted by Gasteiger charge is 2.17. The van der Waals surface area contributed by atoms with Crippen LogP contribution >= 0.6 is 11.6 Å². The van der Waals surface area contributed by atoms with Gasteiger partial charge in [0.05, 0.1) is 10.6 Å². The lowest BCUT2D eigenvalue weighted by Gasteiger charge is -2.18. The fourth-order valence-electron chi connectivity index (χ4n) is 2.29. The first-order chi connectivity index (χ1) is 12.4. The van der Waals surface area contributed by atoms with Crippen LogP contribution in [0.15, 0.2) is 36.4 Å². The van der Waals surface area contributed by atoms with Crippen molar-refractivity contribution in [2.45, 2.75) is 0 Å². The van der Waals surface area contributed by atoms with Gasteiger partial charge in [-0.15, -0.1) is 0 Å². The molecule has 1 aliphatic heterocycles. The van der Waals surface area contributed by atoms with Gasteiger partial charge in [0.15, 0.2) is 11.5 Å². The van der Waals surface area contributed by atoms with E-state index in [1.807, 2.05) is 0 Å². The number of carbonyl (C=O) groups excluding carboxylic acids is 2. The summed E-state index contributed by atoms with van der Waals surface area (Å²) in [5.74, 6) is -0.925. The maximum absolute atomic E-state index is 12.2. The van der Waals surface area contributed by atoms with Crippen molar-refractivity contribution in [3.05, 3.63) is 52.5 Å². The van der Waals surface area contributed by atoms with Crippen molar-refractivity contribution in [3.8, 4) is 11.5 Å². The van der Waals surface area contributed by atoms with Crippen molar-refractivity contribution in [2.24, 2.45) is 0 Å². The highest BCUT2D eigenvalue weighted by Crippen LogP contribution is 2.30. The molecular formula is C17H13ClN2O6. The molecule has 3 rings (SSSR count). The molecule has 0 unspecified atom stereocenters. The van der Waals surface area contributed by atoms with Crippen LogP contribution in [0.25, 0.3) is 0 Å². The Morgan fingerprint density at radius 3 is 2.46 bits per heavy atom. The predicted octanol–water partition coefficient (Wildman–Crippen LogP) is 2.77. The maximum atomic E-state index is 12.2. The van der Waals surface area contributed by atoms with Gasteiger partial charge in [-0.2, -0.15) is 0 Å². The topological polar surface area (TPSA) is 114 Å². The molecule has 3 N–H and O–H groups in total. The monoisotopic (exact) mass is 376 g/mol. The van der Waals surface area contributed by atoms with Crippen molar-refractivity contribution in [2.75, 3.05) is 18.5 Å². The zero-order chi connectivity index (χ0) is 18.7. The summed E-state index contributed by atoms with van der Waals surface area (Å²) in [5, 5.41) is 13.6. The number of hydrogen-bond acceptors (Lipinski definition) is 5. The second-order valence-electron chi connectivity index (χ2n) is 5.27. The Kier molecular flexibility index (Phi) is 4.94. The molecule has 0 aromatic heterocycles. The number of nitrogens with one attached hydrogen (secondary N) is 2. The van der Waals surface area contributed by atoms with E-state index in [0.717, 1.165) is 0 Å². The number of carboxylic acids is 1. The van der Waals surface area contributed by atoms with Crippen molar-refractivity contribution in [1.82, 2.24) is 5.32 Å². The van der Waals surface area contributed by atoms with E-state index in [9.17, 15) is 14.4 Å². The van der Waals surface area contributed by atoms with Crippen molar-refractivity contribution < 1.29 is 29.0 Å². The summed E-state index contributed by atoms with van der Waals surface area (Å²) in [7, 11) is 0. The van der Waals surface area contributed by atoms with Gasteiger partial charge < -0.3 is 19.9 Å². The minimum atomic E-state index is -1.23. The number of imide groups is 1. The zero-order valence-corrected chi connectivity index (χ0v) is 14.0. The van der Waals surface area contributed by atoms with Crippen LogP contribution in [0.5, 0.6) is 11.5 Å². The number of aromatic carboxylic acids is 1. The first kappa shape index (κ1) is 17.6. The van der Waals surface area contributed by atoms with E-state index in [1.165, 1.54) is 30.3 Å². The average Bonchev–Trinajstić information content (AvgIpc) is 2.62. The van der Waals surface area contributed by atoms with Crippen LogP contribution in [-0.4, -0.2) is 36.2 Å². The minimum absolute atomic E-state index is 0.0378. The van der Waals surface area contributed by atoms with Gasteiger partial charge in [0.25, 0.3) is 5.91 Å². The Hall–Kier alpha value is -3.26. The summed E-state index contributed by atoms with van der Waals surface area (Å²) in [6.07, 6.45) is 0. The quantitative estimate of drug-likeness (QED) is 0.759. The van der Waals surface area contributed by atoms with Crippen LogP contribution in [0.1, 0.15) is 20.7 Å². The van der Waals surface area contributed by atoms with Crippen LogP contribution in [0.3, 0.4) is 0 Å². The van der Waals surface area contributed by atoms with Crippen molar-refractivity contribution >= 4 is 35.2 Å². The molecule has 1 aliphatic rings. The third kappa shape index (κ3) is 3.86. The number of hydrogen-bond donors (Lipinski definition) is 3. The molecule has 1 heterocycles. The molecule has 0 saturated carbocycles. The Bertz CT molecular complexity index is 899. The Balaban J connectivity index is 1.67. The van der Waals surface area contributed by atoms with Gasteiger partial charge >= 0.3 is 12.0 Å². The number of carboxylic acid groups (broad SMARTS) is 1. The van der Waals surface area contributed by atoms with E-state index in [1.54, 1.807) is 6.07 Å². The summed E-state index contributed by atoms with van der Waals surface area (Å²) >= 11 is 5.76. The molecule has 26 heavy (non-hydrogen) atoms. The highest BCUT2D eigenvalue weighted by molar-refractivity contribution is 6.33. The molecule has 0 fully saturated rings. The fraction of sp³-hybridized carbons (Fsp3) is 0.118. The second-order valence-corrected chi connectivity index (χ2v) is 5.67. The number of fused-ring (bicyclic) bond motifs is 1. The second kappa shape index (κ2) is 7.32. The largest absolute Gasteiger partial charge is 0.486 e. The van der Waals surface area contributed by atoms with Crippen LogP contribution in [0.2, 0.25) is 5.02 Å². The summed E-state index contributed by atoms with van der Waals surface area (Å²) in [4.78, 5) is 35.2. The SMILES string of the molecule is O=C(NC(=O)c1ccc2c(c1)OCCO2)Nc1ccc(Cl)c(C(=O)O)c1. The minimum Gasteiger partial charge on any atom is -0.486 e. The number of urea groups is 1. The average molecular weight is 377 g/mol. The third-order valence-corrected chi connectivity index (χ3v) is 3.82. The first-order valence-electron chi connectivity index (χ1n) is 7.49. The number of carbonyl (C=O) groups is 3. The van der Waals surface area contributed by atoms with Crippen molar-refractivity contribution in [1.29, 1.82) is 0 Å². The number of ether oxygens (including phenoxy) is 2. The van der Waals surface area contributed by atoms with Gasteiger partial charge in [0, 0.05) is 11.3 Å². The van der Waals surface area contributed by atoms with E-state index in [4.69, 9.17) is 26.2 Å². The van der Waals surface area contributed by atoms with Crippen molar-refractivity contribution in [3.63, 3.8) is 0 Å². The molecule has 3 amide bonds. The number of benzene rings is 2. The molecule has 0 bridgehead atoms. The van der Waals surface area contributed by atoms with Gasteiger partial charge in [-0.3, -0.25) is 10.1 Å². The number of halogens is 1. The van der Waals surface area contributed by atoms with E-state index < -0.39 is 17.9 Å². The van der Waals surface area contributed by atoms with E-state index in [-0.39, 0.29) is 21.8 Å². The highest BCUT2D eigenvalue weighted by atomic mass is 35.5. The van der Waals surface area contributed by atoms with Crippen LogP contribution < -0.4 is 20.1 Å². The lowest BCUT2D eigenvalue weighted by molar-refractivity contribution is 0.0696. The molecule has 134 valence electrons. The molecule has 0 spiro atoms. The summed E-state index contributed by atoms with van der Waals surface area (Å²) < 4.78 is 10.8. The lowest BCUT2D eigenvalue weighted by Crippen LogP contribution is -2.34. The molecule has 2 aromatic carbocycles. The molecule has 9 heteroatoms. The normalized spacial score (nSPS) is 12.2.